The van der Waals surface area contributed by atoms with E-state index in [0.717, 1.165) is 25.8 Å². The van der Waals surface area contributed by atoms with E-state index in [1.54, 1.807) is 14.1 Å². The number of halogens is 1. The van der Waals surface area contributed by atoms with Gasteiger partial charge in [-0.3, -0.25) is 9.59 Å². The van der Waals surface area contributed by atoms with Crippen LogP contribution in [0.25, 0.3) is 0 Å². The predicted molar refractivity (Wildman–Crippen MR) is 98.5 cm³/mol. The van der Waals surface area contributed by atoms with Crippen LogP contribution in [-0.2, 0) is 9.59 Å². The Hall–Kier alpha value is -1.06. The highest BCUT2D eigenvalue weighted by Crippen LogP contribution is 2.18. The van der Waals surface area contributed by atoms with Crippen molar-refractivity contribution in [3.05, 3.63) is 0 Å². The maximum Gasteiger partial charge on any atom is 0.243 e. The van der Waals surface area contributed by atoms with E-state index in [1.165, 1.54) is 4.90 Å². The summed E-state index contributed by atoms with van der Waals surface area (Å²) in [6.45, 7) is 3.46. The van der Waals surface area contributed by atoms with Gasteiger partial charge in [0.1, 0.15) is 6.54 Å². The normalized spacial score (nSPS) is 13.9. The fraction of sp³-hybridized carbons (Fsp3) is 0.786. The molecule has 1 aliphatic carbocycles. The molecule has 0 aliphatic heterocycles. The van der Waals surface area contributed by atoms with Crippen LogP contribution in [0, 0.1) is 0 Å². The summed E-state index contributed by atoms with van der Waals surface area (Å²) in [7, 11) is 3.41. The fourth-order valence-electron chi connectivity index (χ4n) is 1.61. The van der Waals surface area contributed by atoms with Crippen molar-refractivity contribution in [1.29, 1.82) is 0 Å². The van der Waals surface area contributed by atoms with Crippen molar-refractivity contribution in [2.45, 2.75) is 38.6 Å². The van der Waals surface area contributed by atoms with Gasteiger partial charge in [-0.15, -0.1) is 24.0 Å². The van der Waals surface area contributed by atoms with Gasteiger partial charge >= 0.3 is 0 Å². The Bertz CT molecular complexity index is 383. The molecular weight excluding hydrogens is 397 g/mol. The average Bonchev–Trinajstić information content (AvgIpc) is 3.23. The molecule has 7 nitrogen and oxygen atoms in total. The highest BCUT2D eigenvalue weighted by atomic mass is 127. The molecule has 8 heteroatoms. The van der Waals surface area contributed by atoms with Gasteiger partial charge in [-0.25, -0.2) is 4.99 Å². The molecule has 0 atom stereocenters. The van der Waals surface area contributed by atoms with Gasteiger partial charge < -0.3 is 20.9 Å². The maximum absolute atomic E-state index is 11.5. The summed E-state index contributed by atoms with van der Waals surface area (Å²) in [5, 5.41) is 9.16. The summed E-state index contributed by atoms with van der Waals surface area (Å²) in [5.41, 5.74) is 0. The lowest BCUT2D eigenvalue weighted by atomic mass is 10.3. The monoisotopic (exact) mass is 425 g/mol. The van der Waals surface area contributed by atoms with Gasteiger partial charge in [-0.1, -0.05) is 0 Å². The van der Waals surface area contributed by atoms with Crippen LogP contribution in [0.15, 0.2) is 4.99 Å². The number of hydrogen-bond donors (Lipinski definition) is 3. The highest BCUT2D eigenvalue weighted by Gasteiger charge is 2.22. The number of hydrogen-bond acceptors (Lipinski definition) is 3. The standard InChI is InChI=1S/C14H27N5O2.HI/c1-4-15-14(17-10-13(21)19(2)3)16-9-5-6-12(20)18-11-7-8-11;/h11H,4-10H2,1-3H3,(H,18,20)(H2,15,16,17);1H. The number of likely N-dealkylation sites (N-methyl/N-ethyl adjacent to an activating group) is 1. The van der Waals surface area contributed by atoms with E-state index < -0.39 is 0 Å². The van der Waals surface area contributed by atoms with Crippen molar-refractivity contribution in [2.24, 2.45) is 4.99 Å². The Kier molecular flexibility index (Phi) is 10.9. The zero-order valence-corrected chi connectivity index (χ0v) is 16.0. The van der Waals surface area contributed by atoms with E-state index in [2.05, 4.69) is 20.9 Å². The number of carbonyl (C=O) groups excluding carboxylic acids is 2. The minimum absolute atomic E-state index is 0. The molecule has 128 valence electrons. The summed E-state index contributed by atoms with van der Waals surface area (Å²) >= 11 is 0. The molecule has 1 saturated carbocycles. The van der Waals surface area contributed by atoms with Crippen molar-refractivity contribution in [2.75, 3.05) is 33.7 Å². The number of nitrogens with one attached hydrogen (secondary N) is 3. The molecule has 0 unspecified atom stereocenters. The number of aliphatic imine (C=N–C) groups is 1. The van der Waals surface area contributed by atoms with Gasteiger partial charge in [-0.2, -0.15) is 0 Å². The first-order valence-electron chi connectivity index (χ1n) is 7.54. The summed E-state index contributed by atoms with van der Waals surface area (Å²) in [6.07, 6.45) is 3.48. The summed E-state index contributed by atoms with van der Waals surface area (Å²) in [6, 6.07) is 0.418. The number of rotatable bonds is 8. The minimum Gasteiger partial charge on any atom is -0.357 e. The molecule has 0 bridgehead atoms. The van der Waals surface area contributed by atoms with Crippen LogP contribution in [-0.4, -0.2) is 62.4 Å². The maximum atomic E-state index is 11.5. The summed E-state index contributed by atoms with van der Waals surface area (Å²) < 4.78 is 0. The van der Waals surface area contributed by atoms with Crippen LogP contribution in [0.2, 0.25) is 0 Å². The molecule has 0 radical (unpaired) electrons. The largest absolute Gasteiger partial charge is 0.357 e. The molecule has 1 aliphatic rings. The van der Waals surface area contributed by atoms with Crippen molar-refractivity contribution in [1.82, 2.24) is 20.9 Å². The lowest BCUT2D eigenvalue weighted by molar-refractivity contribution is -0.127. The predicted octanol–water partition coefficient (Wildman–Crippen LogP) is 0.307. The first-order chi connectivity index (χ1) is 10.0. The smallest absolute Gasteiger partial charge is 0.243 e. The lowest BCUT2D eigenvalue weighted by Crippen LogP contribution is -2.39. The second-order valence-electron chi connectivity index (χ2n) is 5.36. The number of carbonyl (C=O) groups is 2. The van der Waals surface area contributed by atoms with Gasteiger partial charge in [0.25, 0.3) is 0 Å². The van der Waals surface area contributed by atoms with Gasteiger partial charge in [0.2, 0.25) is 11.8 Å². The van der Waals surface area contributed by atoms with Crippen molar-refractivity contribution in [3.8, 4) is 0 Å². The number of nitrogens with zero attached hydrogens (tertiary/aromatic N) is 2. The first kappa shape index (κ1) is 20.9. The van der Waals surface area contributed by atoms with Gasteiger partial charge in [0.15, 0.2) is 5.96 Å². The Morgan fingerprint density at radius 1 is 1.23 bits per heavy atom. The second-order valence-corrected chi connectivity index (χ2v) is 5.36. The quantitative estimate of drug-likeness (QED) is 0.226. The zero-order valence-electron chi connectivity index (χ0n) is 13.6. The second kappa shape index (κ2) is 11.5. The van der Waals surface area contributed by atoms with Crippen LogP contribution in [0.5, 0.6) is 0 Å². The third kappa shape index (κ3) is 9.80. The Labute approximate surface area is 149 Å². The molecule has 22 heavy (non-hydrogen) atoms. The van der Waals surface area contributed by atoms with E-state index in [9.17, 15) is 9.59 Å². The van der Waals surface area contributed by atoms with Crippen LogP contribution in [0.1, 0.15) is 32.6 Å². The van der Waals surface area contributed by atoms with Gasteiger partial charge in [-0.05, 0) is 26.2 Å². The third-order valence-corrected chi connectivity index (χ3v) is 3.03. The number of guanidine groups is 1. The van der Waals surface area contributed by atoms with Crippen molar-refractivity contribution in [3.63, 3.8) is 0 Å². The summed E-state index contributed by atoms with van der Waals surface area (Å²) in [4.78, 5) is 28.7. The molecule has 0 aromatic carbocycles. The average molecular weight is 425 g/mol. The van der Waals surface area contributed by atoms with Gasteiger partial charge in [0.05, 0.1) is 0 Å². The first-order valence-corrected chi connectivity index (χ1v) is 7.54. The van der Waals surface area contributed by atoms with Crippen LogP contribution in [0.4, 0.5) is 0 Å². The molecule has 3 N–H and O–H groups in total. The van der Waals surface area contributed by atoms with Crippen molar-refractivity contribution >= 4 is 41.8 Å². The SMILES string of the molecule is CCNC(=NCC(=O)N(C)C)NCCCC(=O)NC1CC1.I. The van der Waals surface area contributed by atoms with Crippen molar-refractivity contribution < 1.29 is 9.59 Å². The molecule has 0 spiro atoms. The highest BCUT2D eigenvalue weighted by molar-refractivity contribution is 14.0. The molecule has 0 saturated heterocycles. The van der Waals surface area contributed by atoms with Crippen LogP contribution < -0.4 is 16.0 Å². The van der Waals surface area contributed by atoms with E-state index in [0.29, 0.717) is 25.0 Å². The topological polar surface area (TPSA) is 85.8 Å². The lowest BCUT2D eigenvalue weighted by Gasteiger charge is -2.12. The molecule has 1 fully saturated rings. The Balaban J connectivity index is 0.00000441. The van der Waals surface area contributed by atoms with Crippen LogP contribution in [0.3, 0.4) is 0 Å². The third-order valence-electron chi connectivity index (χ3n) is 3.03. The van der Waals surface area contributed by atoms with Gasteiger partial charge in [0, 0.05) is 39.6 Å². The van der Waals surface area contributed by atoms with E-state index in [-0.39, 0.29) is 42.3 Å². The van der Waals surface area contributed by atoms with E-state index in [1.807, 2.05) is 6.92 Å². The molecular formula is C14H28IN5O2. The van der Waals surface area contributed by atoms with E-state index in [4.69, 9.17) is 0 Å². The number of amides is 2. The Morgan fingerprint density at radius 2 is 1.91 bits per heavy atom. The molecule has 2 amide bonds. The molecule has 1 rings (SSSR count). The minimum atomic E-state index is -0.0454. The summed E-state index contributed by atoms with van der Waals surface area (Å²) in [5.74, 6) is 0.676. The molecule has 0 aromatic heterocycles. The van der Waals surface area contributed by atoms with Crippen LogP contribution >= 0.6 is 24.0 Å². The Morgan fingerprint density at radius 3 is 2.45 bits per heavy atom. The zero-order chi connectivity index (χ0) is 15.7. The fourth-order valence-corrected chi connectivity index (χ4v) is 1.61. The van der Waals surface area contributed by atoms with E-state index >= 15 is 0 Å². The molecule has 0 heterocycles. The molecule has 0 aromatic rings.